The molecule has 0 saturated carbocycles. The van der Waals surface area contributed by atoms with Crippen LogP contribution in [-0.2, 0) is 11.3 Å². The highest BCUT2D eigenvalue weighted by molar-refractivity contribution is 8.00. The molecule has 1 amide bonds. The lowest BCUT2D eigenvalue weighted by Crippen LogP contribution is -2.28. The van der Waals surface area contributed by atoms with Crippen molar-refractivity contribution in [2.75, 3.05) is 11.6 Å². The smallest absolute Gasteiger partial charge is 0.262 e. The molecule has 0 radical (unpaired) electrons. The van der Waals surface area contributed by atoms with Crippen LogP contribution in [0.25, 0.3) is 10.9 Å². The number of benzene rings is 2. The third-order valence-electron chi connectivity index (χ3n) is 4.45. The van der Waals surface area contributed by atoms with E-state index in [1.165, 1.54) is 11.8 Å². The molecule has 1 aromatic heterocycles. The number of amides is 1. The summed E-state index contributed by atoms with van der Waals surface area (Å²) < 4.78 is 1.65. The molecule has 0 aliphatic rings. The molecule has 1 unspecified atom stereocenters. The Morgan fingerprint density at radius 1 is 1.20 bits per heavy atom. The summed E-state index contributed by atoms with van der Waals surface area (Å²) in [6.45, 7) is 6.41. The Kier molecular flexibility index (Phi) is 7.50. The van der Waals surface area contributed by atoms with Crippen LogP contribution < -0.4 is 10.9 Å². The van der Waals surface area contributed by atoms with Gasteiger partial charge in [-0.05, 0) is 49.4 Å². The molecule has 2 aromatic carbocycles. The maximum atomic E-state index is 13.1. The monoisotopic (exact) mass is 461 g/mol. The number of rotatable bonds is 7. The number of thioether (sulfide) groups is 2. The lowest BCUT2D eigenvalue weighted by Gasteiger charge is -2.18. The van der Waals surface area contributed by atoms with E-state index in [9.17, 15) is 9.59 Å². The second-order valence-electron chi connectivity index (χ2n) is 7.32. The van der Waals surface area contributed by atoms with Gasteiger partial charge in [-0.3, -0.25) is 14.2 Å². The third-order valence-corrected chi connectivity index (χ3v) is 6.57. The Morgan fingerprint density at radius 3 is 2.63 bits per heavy atom. The number of hydrogen-bond acceptors (Lipinski definition) is 5. The van der Waals surface area contributed by atoms with Crippen molar-refractivity contribution >= 4 is 57.6 Å². The molecule has 1 heterocycles. The van der Waals surface area contributed by atoms with E-state index >= 15 is 0 Å². The SMILES string of the molecule is CSc1ccccc1NC(=O)C(C)Sc1nc2ccc(Cl)cc2c(=O)n1CC(C)C. The maximum absolute atomic E-state index is 13.1. The number of hydrogen-bond donors (Lipinski definition) is 1. The molecule has 0 saturated heterocycles. The number of para-hydroxylation sites is 1. The predicted molar refractivity (Wildman–Crippen MR) is 128 cm³/mol. The summed E-state index contributed by atoms with van der Waals surface area (Å²) >= 11 is 8.94. The summed E-state index contributed by atoms with van der Waals surface area (Å²) in [5.74, 6) is 0.112. The van der Waals surface area contributed by atoms with Gasteiger partial charge < -0.3 is 5.32 Å². The standard InChI is InChI=1S/C22H24ClN3O2S2/c1-13(2)12-26-21(28)16-11-15(23)9-10-17(16)25-22(26)30-14(3)20(27)24-18-7-5-6-8-19(18)29-4/h5-11,13-14H,12H2,1-4H3,(H,24,27). The van der Waals surface area contributed by atoms with E-state index < -0.39 is 5.25 Å². The molecule has 0 bridgehead atoms. The lowest BCUT2D eigenvalue weighted by molar-refractivity contribution is -0.115. The average Bonchev–Trinajstić information content (AvgIpc) is 2.71. The van der Waals surface area contributed by atoms with Gasteiger partial charge in [0.25, 0.3) is 5.56 Å². The van der Waals surface area contributed by atoms with Crippen LogP contribution in [0.2, 0.25) is 5.02 Å². The molecular formula is C22H24ClN3O2S2. The van der Waals surface area contributed by atoms with E-state index in [2.05, 4.69) is 10.3 Å². The van der Waals surface area contributed by atoms with Crippen LogP contribution in [0, 0.1) is 5.92 Å². The number of nitrogens with zero attached hydrogens (tertiary/aromatic N) is 2. The molecule has 158 valence electrons. The van der Waals surface area contributed by atoms with Crippen LogP contribution in [0.1, 0.15) is 20.8 Å². The van der Waals surface area contributed by atoms with E-state index in [4.69, 9.17) is 11.6 Å². The molecule has 0 aliphatic carbocycles. The molecule has 0 aliphatic heterocycles. The molecular weight excluding hydrogens is 438 g/mol. The summed E-state index contributed by atoms with van der Waals surface area (Å²) in [6.07, 6.45) is 1.97. The minimum atomic E-state index is -0.435. The number of fused-ring (bicyclic) bond motifs is 1. The number of halogens is 1. The summed E-state index contributed by atoms with van der Waals surface area (Å²) in [4.78, 5) is 31.6. The van der Waals surface area contributed by atoms with E-state index in [1.54, 1.807) is 34.5 Å². The number of carbonyl (C=O) groups is 1. The van der Waals surface area contributed by atoms with E-state index in [0.717, 1.165) is 10.6 Å². The van der Waals surface area contributed by atoms with Crippen molar-refractivity contribution in [1.29, 1.82) is 0 Å². The van der Waals surface area contributed by atoms with Crippen molar-refractivity contribution in [2.45, 2.75) is 42.6 Å². The minimum Gasteiger partial charge on any atom is -0.324 e. The molecule has 0 spiro atoms. The van der Waals surface area contributed by atoms with Crippen molar-refractivity contribution in [3.63, 3.8) is 0 Å². The Balaban J connectivity index is 1.92. The van der Waals surface area contributed by atoms with E-state index in [-0.39, 0.29) is 17.4 Å². The predicted octanol–water partition coefficient (Wildman–Crippen LogP) is 5.55. The number of anilines is 1. The number of nitrogens with one attached hydrogen (secondary N) is 1. The normalized spacial score (nSPS) is 12.3. The van der Waals surface area contributed by atoms with Gasteiger partial charge in [0.15, 0.2) is 5.16 Å². The van der Waals surface area contributed by atoms with Crippen LogP contribution in [-0.4, -0.2) is 27.0 Å². The van der Waals surface area contributed by atoms with Gasteiger partial charge in [-0.2, -0.15) is 0 Å². The van der Waals surface area contributed by atoms with Gasteiger partial charge in [0.1, 0.15) is 0 Å². The Bertz CT molecular complexity index is 1130. The first-order chi connectivity index (χ1) is 14.3. The molecule has 3 aromatic rings. The summed E-state index contributed by atoms with van der Waals surface area (Å²) in [7, 11) is 0. The topological polar surface area (TPSA) is 64.0 Å². The first-order valence-corrected chi connectivity index (χ1v) is 12.1. The molecule has 1 atom stereocenters. The van der Waals surface area contributed by atoms with Gasteiger partial charge in [-0.15, -0.1) is 11.8 Å². The summed E-state index contributed by atoms with van der Waals surface area (Å²) in [6, 6.07) is 12.8. The second kappa shape index (κ2) is 9.90. The highest BCUT2D eigenvalue weighted by atomic mass is 35.5. The van der Waals surface area contributed by atoms with Crippen LogP contribution in [0.5, 0.6) is 0 Å². The zero-order valence-electron chi connectivity index (χ0n) is 17.3. The largest absolute Gasteiger partial charge is 0.324 e. The van der Waals surface area contributed by atoms with E-state index in [0.29, 0.717) is 27.6 Å². The molecule has 3 rings (SSSR count). The fraction of sp³-hybridized carbons (Fsp3) is 0.318. The van der Waals surface area contributed by atoms with Gasteiger partial charge in [0.05, 0.1) is 21.8 Å². The fourth-order valence-electron chi connectivity index (χ4n) is 2.98. The highest BCUT2D eigenvalue weighted by Crippen LogP contribution is 2.28. The van der Waals surface area contributed by atoms with Gasteiger partial charge in [0, 0.05) is 16.5 Å². The van der Waals surface area contributed by atoms with Crippen molar-refractivity contribution < 1.29 is 4.79 Å². The Morgan fingerprint density at radius 2 is 1.93 bits per heavy atom. The zero-order valence-corrected chi connectivity index (χ0v) is 19.7. The van der Waals surface area contributed by atoms with Gasteiger partial charge in [-0.25, -0.2) is 4.98 Å². The van der Waals surface area contributed by atoms with Gasteiger partial charge >= 0.3 is 0 Å². The van der Waals surface area contributed by atoms with Crippen molar-refractivity contribution in [3.05, 3.63) is 57.8 Å². The Labute approximate surface area is 189 Å². The molecule has 8 heteroatoms. The maximum Gasteiger partial charge on any atom is 0.262 e. The van der Waals surface area contributed by atoms with Crippen LogP contribution in [0.15, 0.2) is 57.3 Å². The average molecular weight is 462 g/mol. The first-order valence-electron chi connectivity index (χ1n) is 9.60. The van der Waals surface area contributed by atoms with Crippen LogP contribution in [0.3, 0.4) is 0 Å². The molecule has 1 N–H and O–H groups in total. The first kappa shape index (κ1) is 22.7. The molecule has 0 fully saturated rings. The van der Waals surface area contributed by atoms with Crippen LogP contribution >= 0.6 is 35.1 Å². The highest BCUT2D eigenvalue weighted by Gasteiger charge is 2.21. The van der Waals surface area contributed by atoms with Crippen molar-refractivity contribution in [2.24, 2.45) is 5.92 Å². The summed E-state index contributed by atoms with van der Waals surface area (Å²) in [5, 5.41) is 4.07. The summed E-state index contributed by atoms with van der Waals surface area (Å²) in [5.41, 5.74) is 1.22. The van der Waals surface area contributed by atoms with Gasteiger partial charge in [-0.1, -0.05) is 49.3 Å². The van der Waals surface area contributed by atoms with Crippen molar-refractivity contribution in [1.82, 2.24) is 9.55 Å². The number of carbonyl (C=O) groups excluding carboxylic acids is 1. The zero-order chi connectivity index (χ0) is 21.8. The van der Waals surface area contributed by atoms with Crippen LogP contribution in [0.4, 0.5) is 5.69 Å². The second-order valence-corrected chi connectivity index (χ2v) is 9.91. The van der Waals surface area contributed by atoms with Crippen molar-refractivity contribution in [3.8, 4) is 0 Å². The fourth-order valence-corrected chi connectivity index (χ4v) is 4.63. The molecule has 30 heavy (non-hydrogen) atoms. The minimum absolute atomic E-state index is 0.136. The third kappa shape index (κ3) is 5.20. The lowest BCUT2D eigenvalue weighted by atomic mass is 10.2. The quantitative estimate of drug-likeness (QED) is 0.369. The Hall–Kier alpha value is -1.96. The number of aromatic nitrogens is 2. The van der Waals surface area contributed by atoms with Gasteiger partial charge in [0.2, 0.25) is 5.91 Å². The molecule has 5 nitrogen and oxygen atoms in total. The van der Waals surface area contributed by atoms with E-state index in [1.807, 2.05) is 51.3 Å².